The van der Waals surface area contributed by atoms with E-state index in [1.807, 2.05) is 49.4 Å². The molecule has 0 unspecified atom stereocenters. The molecule has 4 rings (SSSR count). The molecule has 0 aliphatic heterocycles. The van der Waals surface area contributed by atoms with Gasteiger partial charge >= 0.3 is 6.03 Å². The first-order chi connectivity index (χ1) is 14.1. The quantitative estimate of drug-likeness (QED) is 0.484. The highest BCUT2D eigenvalue weighted by atomic mass is 19.1. The van der Waals surface area contributed by atoms with E-state index in [0.717, 1.165) is 11.1 Å². The van der Waals surface area contributed by atoms with Gasteiger partial charge in [-0.2, -0.15) is 0 Å². The maximum Gasteiger partial charge on any atom is 0.323 e. The summed E-state index contributed by atoms with van der Waals surface area (Å²) in [7, 11) is 0. The smallest absolute Gasteiger partial charge is 0.323 e. The minimum absolute atomic E-state index is 0.0314. The molecule has 0 bridgehead atoms. The molecule has 1 heterocycles. The van der Waals surface area contributed by atoms with Crippen LogP contribution in [-0.2, 0) is 0 Å². The lowest BCUT2D eigenvalue weighted by Gasteiger charge is -2.09. The third-order valence-corrected chi connectivity index (χ3v) is 4.21. The highest BCUT2D eigenvalue weighted by molar-refractivity contribution is 6.00. The van der Waals surface area contributed by atoms with Crippen molar-refractivity contribution in [2.45, 2.75) is 6.92 Å². The molecule has 0 aliphatic carbocycles. The van der Waals surface area contributed by atoms with Crippen LogP contribution < -0.4 is 10.6 Å². The van der Waals surface area contributed by atoms with E-state index in [1.165, 1.54) is 18.2 Å². The number of hydrogen-bond acceptors (Lipinski definition) is 4. The van der Waals surface area contributed by atoms with Gasteiger partial charge in [0.25, 0.3) is 5.89 Å². The lowest BCUT2D eigenvalue weighted by atomic mass is 10.2. The highest BCUT2D eigenvalue weighted by Gasteiger charge is 2.15. The average molecular weight is 388 g/mol. The van der Waals surface area contributed by atoms with Gasteiger partial charge in [0, 0.05) is 16.9 Å². The SMILES string of the molecule is Cc1ccc(NC(=O)Nc2ccc(F)c(-c3nnc(-c4ccccc4)o3)c2)cc1. The summed E-state index contributed by atoms with van der Waals surface area (Å²) in [5.74, 6) is -0.211. The number of anilines is 2. The van der Waals surface area contributed by atoms with Crippen LogP contribution in [-0.4, -0.2) is 16.2 Å². The van der Waals surface area contributed by atoms with Gasteiger partial charge in [-0.3, -0.25) is 0 Å². The predicted molar refractivity (Wildman–Crippen MR) is 109 cm³/mol. The number of halogens is 1. The van der Waals surface area contributed by atoms with E-state index in [-0.39, 0.29) is 17.3 Å². The predicted octanol–water partition coefficient (Wildman–Crippen LogP) is 5.50. The zero-order chi connectivity index (χ0) is 20.2. The molecule has 0 aliphatic rings. The first-order valence-corrected chi connectivity index (χ1v) is 8.92. The first-order valence-electron chi connectivity index (χ1n) is 8.92. The molecule has 3 aromatic carbocycles. The number of aryl methyl sites for hydroxylation is 1. The van der Waals surface area contributed by atoms with Crippen molar-refractivity contribution >= 4 is 17.4 Å². The van der Waals surface area contributed by atoms with Crippen LogP contribution in [0.4, 0.5) is 20.6 Å². The normalized spacial score (nSPS) is 10.6. The van der Waals surface area contributed by atoms with Crippen molar-refractivity contribution in [3.63, 3.8) is 0 Å². The van der Waals surface area contributed by atoms with Gasteiger partial charge in [-0.05, 0) is 49.4 Å². The Kier molecular flexibility index (Phi) is 5.03. The molecule has 7 heteroatoms. The standard InChI is InChI=1S/C22H17FN4O2/c1-14-7-9-16(10-8-14)24-22(28)25-17-11-12-19(23)18(13-17)21-27-26-20(29-21)15-5-3-2-4-6-15/h2-13H,1H3,(H2,24,25,28). The van der Waals surface area contributed by atoms with Crippen molar-refractivity contribution in [3.05, 3.63) is 84.2 Å². The molecule has 0 spiro atoms. The van der Waals surface area contributed by atoms with Crippen molar-refractivity contribution in [1.29, 1.82) is 0 Å². The zero-order valence-corrected chi connectivity index (χ0v) is 15.5. The van der Waals surface area contributed by atoms with Crippen LogP contribution in [0.1, 0.15) is 5.56 Å². The van der Waals surface area contributed by atoms with E-state index in [0.29, 0.717) is 11.4 Å². The van der Waals surface area contributed by atoms with Crippen molar-refractivity contribution in [2.24, 2.45) is 0 Å². The molecule has 144 valence electrons. The topological polar surface area (TPSA) is 80.0 Å². The molecule has 2 N–H and O–H groups in total. The Bertz CT molecular complexity index is 1140. The summed E-state index contributed by atoms with van der Waals surface area (Å²) in [6, 6.07) is 20.3. The summed E-state index contributed by atoms with van der Waals surface area (Å²) < 4.78 is 19.9. The molecule has 1 aromatic heterocycles. The summed E-state index contributed by atoms with van der Waals surface area (Å²) in [5, 5.41) is 13.3. The highest BCUT2D eigenvalue weighted by Crippen LogP contribution is 2.28. The van der Waals surface area contributed by atoms with Gasteiger partial charge in [-0.25, -0.2) is 9.18 Å². The maximum atomic E-state index is 14.3. The Hall–Kier alpha value is -4.00. The Morgan fingerprint density at radius 1 is 0.862 bits per heavy atom. The molecular formula is C22H17FN4O2. The van der Waals surface area contributed by atoms with Gasteiger partial charge in [-0.1, -0.05) is 35.9 Å². The number of aromatic nitrogens is 2. The van der Waals surface area contributed by atoms with Crippen LogP contribution in [0, 0.1) is 12.7 Å². The molecule has 6 nitrogen and oxygen atoms in total. The number of carbonyl (C=O) groups excluding carboxylic acids is 1. The summed E-state index contributed by atoms with van der Waals surface area (Å²) in [6.45, 7) is 1.96. The fourth-order valence-corrected chi connectivity index (χ4v) is 2.73. The van der Waals surface area contributed by atoms with Gasteiger partial charge < -0.3 is 15.1 Å². The van der Waals surface area contributed by atoms with E-state index in [1.54, 1.807) is 12.1 Å². The average Bonchev–Trinajstić information content (AvgIpc) is 3.22. The molecule has 0 saturated heterocycles. The molecule has 0 atom stereocenters. The van der Waals surface area contributed by atoms with Crippen LogP contribution in [0.2, 0.25) is 0 Å². The monoisotopic (exact) mass is 388 g/mol. The largest absolute Gasteiger partial charge is 0.416 e. The second-order valence-electron chi connectivity index (χ2n) is 6.42. The summed E-state index contributed by atoms with van der Waals surface area (Å²) in [6.07, 6.45) is 0. The number of nitrogens with one attached hydrogen (secondary N) is 2. The maximum absolute atomic E-state index is 14.3. The Labute approximate surface area is 166 Å². The van der Waals surface area contributed by atoms with Gasteiger partial charge in [0.15, 0.2) is 0 Å². The van der Waals surface area contributed by atoms with E-state index in [9.17, 15) is 9.18 Å². The molecular weight excluding hydrogens is 371 g/mol. The Morgan fingerprint density at radius 2 is 1.52 bits per heavy atom. The van der Waals surface area contributed by atoms with Crippen LogP contribution in [0.5, 0.6) is 0 Å². The molecule has 0 fully saturated rings. The lowest BCUT2D eigenvalue weighted by molar-refractivity contribution is 0.262. The van der Waals surface area contributed by atoms with Crippen molar-refractivity contribution in [2.75, 3.05) is 10.6 Å². The molecule has 0 radical (unpaired) electrons. The first kappa shape index (κ1) is 18.4. The number of rotatable bonds is 4. The van der Waals surface area contributed by atoms with Crippen molar-refractivity contribution < 1.29 is 13.6 Å². The number of amides is 2. The van der Waals surface area contributed by atoms with Crippen molar-refractivity contribution in [1.82, 2.24) is 10.2 Å². The number of benzene rings is 3. The van der Waals surface area contributed by atoms with E-state index < -0.39 is 11.8 Å². The lowest BCUT2D eigenvalue weighted by Crippen LogP contribution is -2.19. The van der Waals surface area contributed by atoms with Gasteiger partial charge in [0.05, 0.1) is 5.56 Å². The Morgan fingerprint density at radius 3 is 2.28 bits per heavy atom. The molecule has 4 aromatic rings. The number of urea groups is 1. The Balaban J connectivity index is 1.53. The van der Waals surface area contributed by atoms with Crippen molar-refractivity contribution in [3.8, 4) is 22.9 Å². The fourth-order valence-electron chi connectivity index (χ4n) is 2.73. The zero-order valence-electron chi connectivity index (χ0n) is 15.5. The van der Waals surface area contributed by atoms with Crippen LogP contribution in [0.15, 0.2) is 77.2 Å². The van der Waals surface area contributed by atoms with E-state index >= 15 is 0 Å². The third-order valence-electron chi connectivity index (χ3n) is 4.21. The van der Waals surface area contributed by atoms with Crippen LogP contribution >= 0.6 is 0 Å². The number of hydrogen-bond donors (Lipinski definition) is 2. The number of carbonyl (C=O) groups is 1. The minimum atomic E-state index is -0.530. The second-order valence-corrected chi connectivity index (χ2v) is 6.42. The third kappa shape index (κ3) is 4.30. The molecule has 0 saturated carbocycles. The van der Waals surface area contributed by atoms with E-state index in [4.69, 9.17) is 4.42 Å². The summed E-state index contributed by atoms with van der Waals surface area (Å²) >= 11 is 0. The van der Waals surface area contributed by atoms with Gasteiger partial charge in [-0.15, -0.1) is 10.2 Å². The van der Waals surface area contributed by atoms with Gasteiger partial charge in [0.1, 0.15) is 5.82 Å². The van der Waals surface area contributed by atoms with E-state index in [2.05, 4.69) is 20.8 Å². The summed E-state index contributed by atoms with van der Waals surface area (Å²) in [5.41, 5.74) is 2.98. The number of nitrogens with zero attached hydrogens (tertiary/aromatic N) is 2. The van der Waals surface area contributed by atoms with Gasteiger partial charge in [0.2, 0.25) is 5.89 Å². The summed E-state index contributed by atoms with van der Waals surface area (Å²) in [4.78, 5) is 12.2. The van der Waals surface area contributed by atoms with Crippen LogP contribution in [0.3, 0.4) is 0 Å². The molecule has 2 amide bonds. The fraction of sp³-hybridized carbons (Fsp3) is 0.0455. The van der Waals surface area contributed by atoms with Crippen LogP contribution in [0.25, 0.3) is 22.9 Å². The minimum Gasteiger partial charge on any atom is -0.416 e. The molecule has 29 heavy (non-hydrogen) atoms. The second kappa shape index (κ2) is 7.93.